The fourth-order valence-electron chi connectivity index (χ4n) is 1.26. The van der Waals surface area contributed by atoms with Gasteiger partial charge >= 0.3 is 0 Å². The van der Waals surface area contributed by atoms with Crippen molar-refractivity contribution in [2.45, 2.75) is 6.73 Å². The molecule has 1 N–H and O–H groups in total. The first-order chi connectivity index (χ1) is 7.33. The quantitative estimate of drug-likeness (QED) is 0.736. The molecule has 0 radical (unpaired) electrons. The molecule has 0 saturated heterocycles. The van der Waals surface area contributed by atoms with E-state index < -0.39 is 0 Å². The SMILES string of the molecule is O=C(c1ccccc1)c1ncnn1CO. The van der Waals surface area contributed by atoms with Crippen LogP contribution in [-0.4, -0.2) is 25.7 Å². The zero-order chi connectivity index (χ0) is 10.7. The number of hydrogen-bond donors (Lipinski definition) is 1. The molecule has 0 unspecified atom stereocenters. The Hall–Kier alpha value is -2.01. The molecule has 1 aromatic carbocycles. The van der Waals surface area contributed by atoms with Crippen LogP contribution in [0.15, 0.2) is 36.7 Å². The Morgan fingerprint density at radius 3 is 2.73 bits per heavy atom. The predicted molar refractivity (Wildman–Crippen MR) is 52.1 cm³/mol. The minimum atomic E-state index is -0.353. The van der Waals surface area contributed by atoms with Crippen LogP contribution in [-0.2, 0) is 6.73 Å². The molecule has 2 aromatic rings. The molecule has 1 heterocycles. The summed E-state index contributed by atoms with van der Waals surface area (Å²) in [4.78, 5) is 15.7. The molecule has 0 amide bonds. The van der Waals surface area contributed by atoms with Crippen LogP contribution in [0, 0.1) is 0 Å². The topological polar surface area (TPSA) is 68.0 Å². The Kier molecular flexibility index (Phi) is 2.55. The molecule has 15 heavy (non-hydrogen) atoms. The Labute approximate surface area is 86.0 Å². The van der Waals surface area contributed by atoms with E-state index in [0.29, 0.717) is 5.56 Å². The normalized spacial score (nSPS) is 10.2. The van der Waals surface area contributed by atoms with Gasteiger partial charge in [-0.05, 0) is 0 Å². The first-order valence-corrected chi connectivity index (χ1v) is 4.41. The van der Waals surface area contributed by atoms with Crippen LogP contribution < -0.4 is 0 Å². The van der Waals surface area contributed by atoms with Gasteiger partial charge in [0.1, 0.15) is 13.1 Å². The van der Waals surface area contributed by atoms with Crippen LogP contribution >= 0.6 is 0 Å². The molecular weight excluding hydrogens is 194 g/mol. The molecule has 0 aliphatic heterocycles. The van der Waals surface area contributed by atoms with Crippen molar-refractivity contribution in [3.8, 4) is 0 Å². The van der Waals surface area contributed by atoms with E-state index >= 15 is 0 Å². The molecule has 0 fully saturated rings. The number of rotatable bonds is 3. The summed E-state index contributed by atoms with van der Waals surface area (Å²) in [5, 5.41) is 12.6. The first kappa shape index (κ1) is 9.54. The largest absolute Gasteiger partial charge is 0.374 e. The zero-order valence-corrected chi connectivity index (χ0v) is 7.87. The van der Waals surface area contributed by atoms with E-state index in [0.717, 1.165) is 4.68 Å². The molecule has 76 valence electrons. The van der Waals surface area contributed by atoms with Gasteiger partial charge in [-0.3, -0.25) is 4.79 Å². The maximum atomic E-state index is 11.9. The lowest BCUT2D eigenvalue weighted by Gasteiger charge is -2.00. The van der Waals surface area contributed by atoms with Gasteiger partial charge < -0.3 is 5.11 Å². The molecule has 2 rings (SSSR count). The summed E-state index contributed by atoms with van der Waals surface area (Å²) in [5.41, 5.74) is 0.528. The van der Waals surface area contributed by atoms with Gasteiger partial charge in [0.05, 0.1) is 0 Å². The molecule has 0 saturated carbocycles. The lowest BCUT2D eigenvalue weighted by molar-refractivity contribution is 0.100. The second-order valence-corrected chi connectivity index (χ2v) is 2.92. The first-order valence-electron chi connectivity index (χ1n) is 4.41. The van der Waals surface area contributed by atoms with Crippen LogP contribution in [0.5, 0.6) is 0 Å². The second-order valence-electron chi connectivity index (χ2n) is 2.92. The van der Waals surface area contributed by atoms with Crippen molar-refractivity contribution in [2.75, 3.05) is 0 Å². The average molecular weight is 203 g/mol. The van der Waals surface area contributed by atoms with Crippen LogP contribution in [0.4, 0.5) is 0 Å². The fourth-order valence-corrected chi connectivity index (χ4v) is 1.26. The molecule has 5 heteroatoms. The number of hydrogen-bond acceptors (Lipinski definition) is 4. The van der Waals surface area contributed by atoms with Gasteiger partial charge in [0.2, 0.25) is 11.6 Å². The van der Waals surface area contributed by atoms with Gasteiger partial charge in [0.15, 0.2) is 0 Å². The monoisotopic (exact) mass is 203 g/mol. The van der Waals surface area contributed by atoms with Gasteiger partial charge in [-0.15, -0.1) is 0 Å². The van der Waals surface area contributed by atoms with Gasteiger partial charge in [0.25, 0.3) is 0 Å². The van der Waals surface area contributed by atoms with E-state index in [4.69, 9.17) is 5.11 Å². The fraction of sp³-hybridized carbons (Fsp3) is 0.100. The second kappa shape index (κ2) is 4.02. The summed E-state index contributed by atoms with van der Waals surface area (Å²) in [6, 6.07) is 8.75. The Balaban J connectivity index is 2.37. The predicted octanol–water partition coefficient (Wildman–Crippen LogP) is 0.459. The van der Waals surface area contributed by atoms with Crippen molar-refractivity contribution in [1.29, 1.82) is 0 Å². The number of carbonyl (C=O) groups excluding carboxylic acids is 1. The summed E-state index contributed by atoms with van der Waals surface area (Å²) >= 11 is 0. The van der Waals surface area contributed by atoms with E-state index in [1.165, 1.54) is 6.33 Å². The van der Waals surface area contributed by atoms with E-state index in [9.17, 15) is 4.79 Å². The van der Waals surface area contributed by atoms with Gasteiger partial charge in [-0.25, -0.2) is 9.67 Å². The van der Waals surface area contributed by atoms with Crippen LogP contribution in [0.2, 0.25) is 0 Å². The number of aliphatic hydroxyl groups excluding tert-OH is 1. The van der Waals surface area contributed by atoms with Crippen molar-refractivity contribution < 1.29 is 9.90 Å². The van der Waals surface area contributed by atoms with Crippen molar-refractivity contribution in [2.24, 2.45) is 0 Å². The van der Waals surface area contributed by atoms with Crippen molar-refractivity contribution in [3.63, 3.8) is 0 Å². The number of nitrogens with zero attached hydrogens (tertiary/aromatic N) is 3. The molecular formula is C10H9N3O2. The molecule has 0 spiro atoms. The summed E-state index contributed by atoms with van der Waals surface area (Å²) < 4.78 is 1.15. The highest BCUT2D eigenvalue weighted by Gasteiger charge is 2.14. The van der Waals surface area contributed by atoms with Gasteiger partial charge in [0, 0.05) is 5.56 Å². The number of carbonyl (C=O) groups is 1. The lowest BCUT2D eigenvalue weighted by Crippen LogP contribution is -2.12. The van der Waals surface area contributed by atoms with Crippen LogP contribution in [0.25, 0.3) is 0 Å². The molecule has 1 aromatic heterocycles. The third-order valence-corrected chi connectivity index (χ3v) is 1.99. The maximum Gasteiger partial charge on any atom is 0.230 e. The van der Waals surface area contributed by atoms with E-state index in [1.54, 1.807) is 24.3 Å². The van der Waals surface area contributed by atoms with Gasteiger partial charge in [-0.1, -0.05) is 30.3 Å². The molecule has 0 aliphatic rings. The van der Waals surface area contributed by atoms with Crippen molar-refractivity contribution in [3.05, 3.63) is 48.0 Å². The standard InChI is InChI=1S/C10H9N3O2/c14-7-13-10(11-6-12-13)9(15)8-4-2-1-3-5-8/h1-6,14H,7H2. The minimum Gasteiger partial charge on any atom is -0.374 e. The maximum absolute atomic E-state index is 11.9. The lowest BCUT2D eigenvalue weighted by atomic mass is 10.1. The Morgan fingerprint density at radius 1 is 1.33 bits per heavy atom. The highest BCUT2D eigenvalue weighted by atomic mass is 16.3. The number of benzene rings is 1. The van der Waals surface area contributed by atoms with E-state index in [-0.39, 0.29) is 18.3 Å². The van der Waals surface area contributed by atoms with Crippen LogP contribution in [0.3, 0.4) is 0 Å². The average Bonchev–Trinajstić information content (AvgIpc) is 2.77. The summed E-state index contributed by atoms with van der Waals surface area (Å²) in [6.07, 6.45) is 1.24. The molecule has 0 aliphatic carbocycles. The third-order valence-electron chi connectivity index (χ3n) is 1.99. The summed E-state index contributed by atoms with van der Waals surface area (Å²) in [5.74, 6) is -0.106. The highest BCUT2D eigenvalue weighted by molar-refractivity contribution is 6.06. The van der Waals surface area contributed by atoms with Gasteiger partial charge in [-0.2, -0.15) is 5.10 Å². The number of ketones is 1. The molecule has 0 atom stereocenters. The smallest absolute Gasteiger partial charge is 0.230 e. The van der Waals surface area contributed by atoms with Crippen LogP contribution in [0.1, 0.15) is 16.2 Å². The highest BCUT2D eigenvalue weighted by Crippen LogP contribution is 2.06. The summed E-state index contributed by atoms with van der Waals surface area (Å²) in [7, 11) is 0. The van der Waals surface area contributed by atoms with Crippen molar-refractivity contribution in [1.82, 2.24) is 14.8 Å². The molecule has 5 nitrogen and oxygen atoms in total. The number of aromatic nitrogens is 3. The third kappa shape index (κ3) is 1.77. The zero-order valence-electron chi connectivity index (χ0n) is 7.87. The molecule has 0 bridgehead atoms. The van der Waals surface area contributed by atoms with Crippen molar-refractivity contribution >= 4 is 5.78 Å². The summed E-state index contributed by atoms with van der Waals surface area (Å²) in [6.45, 7) is -0.353. The van der Waals surface area contributed by atoms with E-state index in [2.05, 4.69) is 10.1 Å². The number of aliphatic hydroxyl groups is 1. The Bertz CT molecular complexity index is 465. The van der Waals surface area contributed by atoms with E-state index in [1.807, 2.05) is 6.07 Å². The minimum absolute atomic E-state index is 0.142. The Morgan fingerprint density at radius 2 is 2.07 bits per heavy atom.